The molecule has 1 aromatic carbocycles. The molecular formula is C12H16O2. The van der Waals surface area contributed by atoms with Crippen LogP contribution in [0.4, 0.5) is 0 Å². The summed E-state index contributed by atoms with van der Waals surface area (Å²) < 4.78 is 11.4. The third-order valence-corrected chi connectivity index (χ3v) is 2.60. The molecule has 0 saturated heterocycles. The van der Waals surface area contributed by atoms with Crippen molar-refractivity contribution in [2.75, 3.05) is 6.61 Å². The molecule has 1 aliphatic heterocycles. The molecule has 2 rings (SSSR count). The predicted molar refractivity (Wildman–Crippen MR) is 55.4 cm³/mol. The van der Waals surface area contributed by atoms with Crippen LogP contribution in [0.25, 0.3) is 0 Å². The fourth-order valence-electron chi connectivity index (χ4n) is 1.86. The van der Waals surface area contributed by atoms with E-state index in [0.717, 1.165) is 18.6 Å². The van der Waals surface area contributed by atoms with Gasteiger partial charge >= 0.3 is 0 Å². The van der Waals surface area contributed by atoms with E-state index in [9.17, 15) is 0 Å². The first-order valence-electron chi connectivity index (χ1n) is 5.14. The van der Waals surface area contributed by atoms with Crippen LogP contribution < -0.4 is 4.74 Å². The van der Waals surface area contributed by atoms with Gasteiger partial charge in [0.05, 0.1) is 0 Å². The normalized spacial score (nSPS) is 25.3. The summed E-state index contributed by atoms with van der Waals surface area (Å²) in [5.74, 6) is 0.540. The lowest BCUT2D eigenvalue weighted by atomic mass is 10.0. The van der Waals surface area contributed by atoms with Gasteiger partial charge in [0.1, 0.15) is 5.75 Å². The summed E-state index contributed by atoms with van der Waals surface area (Å²) in [6.45, 7) is 4.69. The average Bonchev–Trinajstić information content (AvgIpc) is 2.17. The van der Waals surface area contributed by atoms with Crippen molar-refractivity contribution in [1.82, 2.24) is 0 Å². The maximum atomic E-state index is 5.84. The van der Waals surface area contributed by atoms with Crippen LogP contribution in [0.2, 0.25) is 0 Å². The standard InChI is InChI=1S/C12H16O2/c1-3-13-12(2)9-8-10-6-4-5-7-11(10)14-12/h4-7H,3,8-9H2,1-2H3/t12-/m0/s1. The summed E-state index contributed by atoms with van der Waals surface area (Å²) in [7, 11) is 0. The van der Waals surface area contributed by atoms with Crippen molar-refractivity contribution in [3.05, 3.63) is 29.8 Å². The largest absolute Gasteiger partial charge is 0.462 e. The monoisotopic (exact) mass is 192 g/mol. The second-order valence-electron chi connectivity index (χ2n) is 3.78. The Bertz CT molecular complexity index is 322. The Labute approximate surface area is 84.8 Å². The van der Waals surface area contributed by atoms with Gasteiger partial charge < -0.3 is 9.47 Å². The highest BCUT2D eigenvalue weighted by atomic mass is 16.7. The first-order chi connectivity index (χ1) is 6.73. The molecule has 2 heteroatoms. The number of aryl methyl sites for hydroxylation is 1. The molecule has 0 aromatic heterocycles. The Kier molecular flexibility index (Phi) is 2.46. The molecule has 0 bridgehead atoms. The molecule has 1 atom stereocenters. The highest BCUT2D eigenvalue weighted by Gasteiger charge is 2.31. The van der Waals surface area contributed by atoms with E-state index in [0.29, 0.717) is 6.61 Å². The van der Waals surface area contributed by atoms with E-state index in [1.165, 1.54) is 5.56 Å². The van der Waals surface area contributed by atoms with Crippen LogP contribution in [0.3, 0.4) is 0 Å². The minimum Gasteiger partial charge on any atom is -0.462 e. The molecule has 2 nitrogen and oxygen atoms in total. The molecule has 1 aliphatic rings. The average molecular weight is 192 g/mol. The molecule has 1 heterocycles. The van der Waals surface area contributed by atoms with E-state index in [1.807, 2.05) is 32.0 Å². The predicted octanol–water partition coefficient (Wildman–Crippen LogP) is 2.76. The third-order valence-electron chi connectivity index (χ3n) is 2.60. The molecule has 0 N–H and O–H groups in total. The van der Waals surface area contributed by atoms with Gasteiger partial charge in [0, 0.05) is 20.0 Å². The van der Waals surface area contributed by atoms with Gasteiger partial charge in [-0.3, -0.25) is 0 Å². The highest BCUT2D eigenvalue weighted by Crippen LogP contribution is 2.33. The summed E-state index contributed by atoms with van der Waals surface area (Å²) in [5, 5.41) is 0. The van der Waals surface area contributed by atoms with E-state index in [2.05, 4.69) is 6.07 Å². The number of fused-ring (bicyclic) bond motifs is 1. The van der Waals surface area contributed by atoms with Gasteiger partial charge in [-0.25, -0.2) is 0 Å². The molecule has 0 radical (unpaired) electrons. The third kappa shape index (κ3) is 1.75. The smallest absolute Gasteiger partial charge is 0.208 e. The highest BCUT2D eigenvalue weighted by molar-refractivity contribution is 5.35. The van der Waals surface area contributed by atoms with Gasteiger partial charge in [-0.2, -0.15) is 0 Å². The van der Waals surface area contributed by atoms with E-state index < -0.39 is 5.79 Å². The first kappa shape index (κ1) is 9.53. The summed E-state index contributed by atoms with van der Waals surface area (Å²) in [6.07, 6.45) is 1.96. The number of benzene rings is 1. The van der Waals surface area contributed by atoms with Crippen molar-refractivity contribution >= 4 is 0 Å². The Morgan fingerprint density at radius 2 is 2.21 bits per heavy atom. The van der Waals surface area contributed by atoms with Crippen molar-refractivity contribution in [2.24, 2.45) is 0 Å². The van der Waals surface area contributed by atoms with Crippen LogP contribution in [0.1, 0.15) is 25.8 Å². The van der Waals surface area contributed by atoms with Crippen molar-refractivity contribution in [3.63, 3.8) is 0 Å². The summed E-state index contributed by atoms with van der Waals surface area (Å²) in [5.41, 5.74) is 1.28. The van der Waals surface area contributed by atoms with E-state index in [-0.39, 0.29) is 0 Å². The zero-order valence-corrected chi connectivity index (χ0v) is 8.75. The number of hydrogen-bond acceptors (Lipinski definition) is 2. The van der Waals surface area contributed by atoms with Gasteiger partial charge in [0.25, 0.3) is 0 Å². The maximum Gasteiger partial charge on any atom is 0.208 e. The van der Waals surface area contributed by atoms with E-state index >= 15 is 0 Å². The summed E-state index contributed by atoms with van der Waals surface area (Å²) >= 11 is 0. The Balaban J connectivity index is 2.20. The van der Waals surface area contributed by atoms with Crippen molar-refractivity contribution in [1.29, 1.82) is 0 Å². The number of rotatable bonds is 2. The lowest BCUT2D eigenvalue weighted by Gasteiger charge is -2.35. The molecule has 0 unspecified atom stereocenters. The zero-order valence-electron chi connectivity index (χ0n) is 8.75. The Morgan fingerprint density at radius 3 is 3.00 bits per heavy atom. The van der Waals surface area contributed by atoms with Crippen molar-refractivity contribution < 1.29 is 9.47 Å². The molecule has 14 heavy (non-hydrogen) atoms. The van der Waals surface area contributed by atoms with Crippen LogP contribution in [0.5, 0.6) is 5.75 Å². The van der Waals surface area contributed by atoms with Crippen LogP contribution in [0, 0.1) is 0 Å². The van der Waals surface area contributed by atoms with E-state index in [4.69, 9.17) is 9.47 Å². The van der Waals surface area contributed by atoms with Gasteiger partial charge in [0.15, 0.2) is 0 Å². The molecule has 0 spiro atoms. The lowest BCUT2D eigenvalue weighted by Crippen LogP contribution is -2.39. The molecule has 0 fully saturated rings. The molecule has 0 saturated carbocycles. The van der Waals surface area contributed by atoms with Crippen LogP contribution in [-0.2, 0) is 11.2 Å². The minimum absolute atomic E-state index is 0.427. The van der Waals surface area contributed by atoms with Gasteiger partial charge in [-0.1, -0.05) is 18.2 Å². The molecule has 76 valence electrons. The SMILES string of the molecule is CCO[C@]1(C)CCc2ccccc2O1. The summed E-state index contributed by atoms with van der Waals surface area (Å²) in [4.78, 5) is 0. The van der Waals surface area contributed by atoms with Gasteiger partial charge in [-0.15, -0.1) is 0 Å². The Morgan fingerprint density at radius 1 is 1.43 bits per heavy atom. The van der Waals surface area contributed by atoms with Crippen LogP contribution >= 0.6 is 0 Å². The molecular weight excluding hydrogens is 176 g/mol. The van der Waals surface area contributed by atoms with Crippen molar-refractivity contribution in [2.45, 2.75) is 32.5 Å². The minimum atomic E-state index is -0.427. The van der Waals surface area contributed by atoms with Crippen molar-refractivity contribution in [3.8, 4) is 5.75 Å². The molecule has 1 aromatic rings. The van der Waals surface area contributed by atoms with Crippen LogP contribution in [-0.4, -0.2) is 12.4 Å². The second kappa shape index (κ2) is 3.62. The number of hydrogen-bond donors (Lipinski definition) is 0. The lowest BCUT2D eigenvalue weighted by molar-refractivity contribution is -0.176. The fraction of sp³-hybridized carbons (Fsp3) is 0.500. The van der Waals surface area contributed by atoms with Crippen LogP contribution in [0.15, 0.2) is 24.3 Å². The van der Waals surface area contributed by atoms with Gasteiger partial charge in [0.2, 0.25) is 5.79 Å². The van der Waals surface area contributed by atoms with Gasteiger partial charge in [-0.05, 0) is 25.0 Å². The Hall–Kier alpha value is -1.02. The first-order valence-corrected chi connectivity index (χ1v) is 5.14. The molecule has 0 aliphatic carbocycles. The molecule has 0 amide bonds. The number of ether oxygens (including phenoxy) is 2. The quantitative estimate of drug-likeness (QED) is 0.717. The fourth-order valence-corrected chi connectivity index (χ4v) is 1.86. The number of para-hydroxylation sites is 1. The maximum absolute atomic E-state index is 5.84. The second-order valence-corrected chi connectivity index (χ2v) is 3.78. The summed E-state index contributed by atoms with van der Waals surface area (Å²) in [6, 6.07) is 8.16. The van der Waals surface area contributed by atoms with E-state index in [1.54, 1.807) is 0 Å². The zero-order chi connectivity index (χ0) is 10.0. The topological polar surface area (TPSA) is 18.5 Å².